The lowest BCUT2D eigenvalue weighted by atomic mass is 9.83. The summed E-state index contributed by atoms with van der Waals surface area (Å²) >= 11 is 3.50. The van der Waals surface area contributed by atoms with Gasteiger partial charge in [0.2, 0.25) is 6.19 Å². The quantitative estimate of drug-likeness (QED) is 0.615. The summed E-state index contributed by atoms with van der Waals surface area (Å²) in [5.41, 5.74) is 4.33. The predicted molar refractivity (Wildman–Crippen MR) is 97.4 cm³/mol. The largest absolute Gasteiger partial charge is 0.486 e. The molecule has 2 aromatic carbocycles. The van der Waals surface area contributed by atoms with Crippen LogP contribution in [0.15, 0.2) is 51.9 Å². The van der Waals surface area contributed by atoms with Crippen LogP contribution in [0.2, 0.25) is 0 Å². The minimum absolute atomic E-state index is 0.268. The van der Waals surface area contributed by atoms with Crippen molar-refractivity contribution < 1.29 is 4.74 Å². The van der Waals surface area contributed by atoms with E-state index in [0.29, 0.717) is 6.42 Å². The number of ether oxygens (including phenoxy) is 1. The van der Waals surface area contributed by atoms with Crippen LogP contribution < -0.4 is 4.74 Å². The fourth-order valence-electron chi connectivity index (χ4n) is 3.82. The number of hydrogen-bond donors (Lipinski definition) is 0. The van der Waals surface area contributed by atoms with Crippen molar-refractivity contribution in [3.8, 4) is 11.9 Å². The molecule has 120 valence electrons. The summed E-state index contributed by atoms with van der Waals surface area (Å²) in [6.07, 6.45) is 6.56. The molecule has 1 aliphatic heterocycles. The van der Waals surface area contributed by atoms with Crippen LogP contribution in [0, 0.1) is 11.5 Å². The highest BCUT2D eigenvalue weighted by molar-refractivity contribution is 9.10. The Morgan fingerprint density at radius 1 is 1.08 bits per heavy atom. The van der Waals surface area contributed by atoms with E-state index in [1.807, 2.05) is 24.4 Å². The molecule has 0 bridgehead atoms. The van der Waals surface area contributed by atoms with Crippen molar-refractivity contribution in [2.24, 2.45) is 4.99 Å². The standard InChI is InChI=1S/C20H17BrN2O/c21-16-5-6-19-17(11-16)18(23-13-22)12-20(24-19)9-7-14-3-1-2-4-15(14)8-10-20/h1-6,11H,7-10,12H2. The van der Waals surface area contributed by atoms with Crippen LogP contribution in [0.25, 0.3) is 0 Å². The second kappa shape index (κ2) is 6.07. The molecule has 0 saturated carbocycles. The van der Waals surface area contributed by atoms with Gasteiger partial charge in [0.25, 0.3) is 0 Å². The number of hydrogen-bond acceptors (Lipinski definition) is 3. The molecule has 4 rings (SSSR count). The first-order valence-electron chi connectivity index (χ1n) is 8.20. The van der Waals surface area contributed by atoms with Gasteiger partial charge in [0.15, 0.2) is 0 Å². The molecule has 4 heteroatoms. The molecule has 1 spiro atoms. The predicted octanol–water partition coefficient (Wildman–Crippen LogP) is 4.82. The van der Waals surface area contributed by atoms with E-state index < -0.39 is 0 Å². The molecule has 24 heavy (non-hydrogen) atoms. The number of rotatable bonds is 0. The lowest BCUT2D eigenvalue weighted by molar-refractivity contribution is 0.0552. The fraction of sp³-hybridized carbons (Fsp3) is 0.300. The number of aryl methyl sites for hydroxylation is 2. The summed E-state index contributed by atoms with van der Waals surface area (Å²) in [7, 11) is 0. The maximum absolute atomic E-state index is 9.11. The zero-order chi connectivity index (χ0) is 16.6. The normalized spacial score (nSPS) is 19.8. The highest BCUT2D eigenvalue weighted by atomic mass is 79.9. The van der Waals surface area contributed by atoms with E-state index in [9.17, 15) is 0 Å². The SMILES string of the molecule is N#CN=C1CC2(CCc3ccccc3CC2)Oc2ccc(Br)cc21. The summed E-state index contributed by atoms with van der Waals surface area (Å²) in [6.45, 7) is 0. The number of nitriles is 1. The van der Waals surface area contributed by atoms with Crippen LogP contribution in [0.4, 0.5) is 0 Å². The van der Waals surface area contributed by atoms with Gasteiger partial charge in [-0.05, 0) is 55.0 Å². The number of nitrogens with zero attached hydrogens (tertiary/aromatic N) is 2. The Morgan fingerprint density at radius 3 is 2.46 bits per heavy atom. The van der Waals surface area contributed by atoms with E-state index in [-0.39, 0.29) is 5.60 Å². The number of fused-ring (bicyclic) bond motifs is 2. The van der Waals surface area contributed by atoms with Gasteiger partial charge in [-0.2, -0.15) is 10.3 Å². The minimum atomic E-state index is -0.268. The van der Waals surface area contributed by atoms with Crippen LogP contribution in [-0.2, 0) is 12.8 Å². The molecule has 0 aromatic heterocycles. The Kier molecular flexibility index (Phi) is 3.90. The minimum Gasteiger partial charge on any atom is -0.486 e. The zero-order valence-electron chi connectivity index (χ0n) is 13.3. The Labute approximate surface area is 150 Å². The molecule has 2 aromatic rings. The second-order valence-corrected chi connectivity index (χ2v) is 7.45. The second-order valence-electron chi connectivity index (χ2n) is 6.53. The van der Waals surface area contributed by atoms with E-state index >= 15 is 0 Å². The molecule has 0 fully saturated rings. The van der Waals surface area contributed by atoms with Crippen molar-refractivity contribution in [3.63, 3.8) is 0 Å². The Bertz CT molecular complexity index is 839. The molecule has 0 unspecified atom stereocenters. The average molecular weight is 381 g/mol. The summed E-state index contributed by atoms with van der Waals surface area (Å²) in [6, 6.07) is 14.6. The van der Waals surface area contributed by atoms with Gasteiger partial charge in [0, 0.05) is 16.5 Å². The molecule has 1 heterocycles. The smallest absolute Gasteiger partial charge is 0.205 e. The lowest BCUT2D eigenvalue weighted by Crippen LogP contribution is -2.42. The molecular formula is C20H17BrN2O. The van der Waals surface area contributed by atoms with E-state index in [2.05, 4.69) is 45.2 Å². The highest BCUT2D eigenvalue weighted by Gasteiger charge is 2.40. The topological polar surface area (TPSA) is 45.4 Å². The van der Waals surface area contributed by atoms with Gasteiger partial charge in [0.1, 0.15) is 11.4 Å². The third-order valence-corrected chi connectivity index (χ3v) is 5.57. The van der Waals surface area contributed by atoms with E-state index in [4.69, 9.17) is 10.00 Å². The lowest BCUT2D eigenvalue weighted by Gasteiger charge is -2.38. The monoisotopic (exact) mass is 380 g/mol. The Morgan fingerprint density at radius 2 is 1.79 bits per heavy atom. The van der Waals surface area contributed by atoms with Crippen molar-refractivity contribution in [3.05, 3.63) is 63.6 Å². The van der Waals surface area contributed by atoms with Gasteiger partial charge in [0.05, 0.1) is 5.71 Å². The summed E-state index contributed by atoms with van der Waals surface area (Å²) < 4.78 is 7.46. The molecule has 1 aliphatic carbocycles. The van der Waals surface area contributed by atoms with Crippen molar-refractivity contribution in [1.82, 2.24) is 0 Å². The molecule has 2 aliphatic rings. The molecular weight excluding hydrogens is 364 g/mol. The number of aliphatic imine (C=N–C) groups is 1. The van der Waals surface area contributed by atoms with Crippen molar-refractivity contribution in [1.29, 1.82) is 5.26 Å². The summed E-state index contributed by atoms with van der Waals surface area (Å²) in [5, 5.41) is 9.11. The highest BCUT2D eigenvalue weighted by Crippen LogP contribution is 2.41. The summed E-state index contributed by atoms with van der Waals surface area (Å²) in [4.78, 5) is 4.12. The molecule has 0 amide bonds. The first-order valence-corrected chi connectivity index (χ1v) is 9.00. The van der Waals surface area contributed by atoms with Gasteiger partial charge in [-0.15, -0.1) is 0 Å². The van der Waals surface area contributed by atoms with Crippen molar-refractivity contribution in [2.45, 2.75) is 37.7 Å². The van der Waals surface area contributed by atoms with Crippen LogP contribution in [0.1, 0.15) is 36.0 Å². The molecule has 0 atom stereocenters. The van der Waals surface area contributed by atoms with Gasteiger partial charge in [-0.1, -0.05) is 40.2 Å². The fourth-order valence-corrected chi connectivity index (χ4v) is 4.18. The Hall–Kier alpha value is -2.12. The van der Waals surface area contributed by atoms with Crippen molar-refractivity contribution >= 4 is 21.6 Å². The first kappa shape index (κ1) is 15.4. The zero-order valence-corrected chi connectivity index (χ0v) is 14.8. The van der Waals surface area contributed by atoms with Gasteiger partial charge < -0.3 is 4.74 Å². The van der Waals surface area contributed by atoms with Crippen LogP contribution in [0.3, 0.4) is 0 Å². The van der Waals surface area contributed by atoms with Crippen LogP contribution in [-0.4, -0.2) is 11.3 Å². The average Bonchev–Trinajstić information content (AvgIpc) is 2.77. The molecule has 3 nitrogen and oxygen atoms in total. The first-order chi connectivity index (χ1) is 11.7. The molecule has 0 N–H and O–H groups in total. The van der Waals surface area contributed by atoms with Crippen LogP contribution in [0.5, 0.6) is 5.75 Å². The molecule has 0 radical (unpaired) electrons. The van der Waals surface area contributed by atoms with E-state index in [0.717, 1.165) is 47.2 Å². The van der Waals surface area contributed by atoms with Gasteiger partial charge in [-0.3, -0.25) is 0 Å². The summed E-state index contributed by atoms with van der Waals surface area (Å²) in [5.74, 6) is 0.837. The van der Waals surface area contributed by atoms with E-state index in [1.54, 1.807) is 0 Å². The van der Waals surface area contributed by atoms with Crippen molar-refractivity contribution in [2.75, 3.05) is 0 Å². The van der Waals surface area contributed by atoms with Gasteiger partial charge in [-0.25, -0.2) is 0 Å². The third-order valence-electron chi connectivity index (χ3n) is 5.07. The van der Waals surface area contributed by atoms with Crippen LogP contribution >= 0.6 is 15.9 Å². The van der Waals surface area contributed by atoms with Gasteiger partial charge >= 0.3 is 0 Å². The molecule has 0 saturated heterocycles. The third kappa shape index (κ3) is 2.74. The maximum Gasteiger partial charge on any atom is 0.205 e. The van der Waals surface area contributed by atoms with E-state index in [1.165, 1.54) is 11.1 Å². The number of benzene rings is 2. The maximum atomic E-state index is 9.11. The Balaban J connectivity index is 1.72. The number of halogens is 1.